The summed E-state index contributed by atoms with van der Waals surface area (Å²) in [5.74, 6) is -0.278. The molecule has 20 heavy (non-hydrogen) atoms. The zero-order valence-corrected chi connectivity index (χ0v) is 11.8. The Hall–Kier alpha value is -2.11. The van der Waals surface area contributed by atoms with Crippen LogP contribution < -0.4 is 5.32 Å². The molecule has 0 radical (unpaired) electrons. The average molecular weight is 277 g/mol. The first-order valence-electron chi connectivity index (χ1n) is 6.84. The molecular formula is C14H19N3O3. The van der Waals surface area contributed by atoms with E-state index in [1.54, 1.807) is 24.1 Å². The average Bonchev–Trinajstić information content (AvgIpc) is 3.27. The molecule has 1 aliphatic carbocycles. The molecule has 0 atom stereocenters. The van der Waals surface area contributed by atoms with Gasteiger partial charge >= 0.3 is 5.69 Å². The second-order valence-electron chi connectivity index (χ2n) is 5.03. The van der Waals surface area contributed by atoms with Crippen LogP contribution in [0, 0.1) is 10.1 Å². The second-order valence-corrected chi connectivity index (χ2v) is 5.03. The lowest BCUT2D eigenvalue weighted by Gasteiger charge is -2.17. The van der Waals surface area contributed by atoms with E-state index >= 15 is 0 Å². The van der Waals surface area contributed by atoms with Crippen molar-refractivity contribution in [3.63, 3.8) is 0 Å². The number of nitro benzene ring substituents is 1. The molecule has 0 aromatic heterocycles. The lowest BCUT2D eigenvalue weighted by atomic mass is 10.1. The number of benzene rings is 1. The fourth-order valence-electron chi connectivity index (χ4n) is 2.13. The third kappa shape index (κ3) is 2.89. The van der Waals surface area contributed by atoms with Gasteiger partial charge < -0.3 is 10.2 Å². The molecule has 0 unspecified atom stereocenters. The minimum Gasteiger partial charge on any atom is -0.379 e. The zero-order chi connectivity index (χ0) is 14.7. The predicted molar refractivity (Wildman–Crippen MR) is 77.0 cm³/mol. The van der Waals surface area contributed by atoms with Gasteiger partial charge in [-0.2, -0.15) is 0 Å². The standard InChI is InChI=1S/C14H19N3O3/c1-3-9-15-12-6-4-5-11(13(12)17(19)20)14(18)16(2)10-7-8-10/h4-6,10,15H,3,7-9H2,1-2H3. The molecule has 1 fully saturated rings. The molecule has 1 aromatic rings. The van der Waals surface area contributed by atoms with Gasteiger partial charge in [0.15, 0.2) is 0 Å². The maximum absolute atomic E-state index is 12.4. The van der Waals surface area contributed by atoms with Crippen LogP contribution in [0.15, 0.2) is 18.2 Å². The van der Waals surface area contributed by atoms with Crippen molar-refractivity contribution in [1.29, 1.82) is 0 Å². The van der Waals surface area contributed by atoms with Crippen molar-refractivity contribution in [3.05, 3.63) is 33.9 Å². The summed E-state index contributed by atoms with van der Waals surface area (Å²) in [5.41, 5.74) is 0.441. The molecule has 1 N–H and O–H groups in total. The molecule has 6 nitrogen and oxygen atoms in total. The molecule has 1 aromatic carbocycles. The number of amides is 1. The van der Waals surface area contributed by atoms with E-state index in [-0.39, 0.29) is 23.2 Å². The fourth-order valence-corrected chi connectivity index (χ4v) is 2.13. The van der Waals surface area contributed by atoms with Crippen molar-refractivity contribution in [3.8, 4) is 0 Å². The summed E-state index contributed by atoms with van der Waals surface area (Å²) in [6.07, 6.45) is 2.81. The van der Waals surface area contributed by atoms with Crippen LogP contribution in [-0.2, 0) is 0 Å². The summed E-state index contributed by atoms with van der Waals surface area (Å²) in [6.45, 7) is 2.62. The number of hydrogen-bond donors (Lipinski definition) is 1. The van der Waals surface area contributed by atoms with Crippen LogP contribution in [-0.4, -0.2) is 35.4 Å². The minimum atomic E-state index is -0.480. The topological polar surface area (TPSA) is 75.5 Å². The molecule has 1 amide bonds. The third-order valence-corrected chi connectivity index (χ3v) is 3.43. The Kier molecular flexibility index (Phi) is 4.22. The number of carbonyl (C=O) groups is 1. The van der Waals surface area contributed by atoms with E-state index < -0.39 is 4.92 Å². The van der Waals surface area contributed by atoms with E-state index in [4.69, 9.17) is 0 Å². The summed E-state index contributed by atoms with van der Waals surface area (Å²) < 4.78 is 0. The maximum atomic E-state index is 12.4. The van der Waals surface area contributed by atoms with Crippen molar-refractivity contribution >= 4 is 17.3 Å². The lowest BCUT2D eigenvalue weighted by molar-refractivity contribution is -0.384. The Morgan fingerprint density at radius 2 is 2.20 bits per heavy atom. The van der Waals surface area contributed by atoms with Crippen LogP contribution >= 0.6 is 0 Å². The molecule has 1 aliphatic rings. The first-order valence-corrected chi connectivity index (χ1v) is 6.84. The van der Waals surface area contributed by atoms with E-state index in [2.05, 4.69) is 5.32 Å². The molecule has 6 heteroatoms. The number of nitrogens with one attached hydrogen (secondary N) is 1. The van der Waals surface area contributed by atoms with E-state index in [1.807, 2.05) is 6.92 Å². The highest BCUT2D eigenvalue weighted by Gasteiger charge is 2.33. The summed E-state index contributed by atoms with van der Waals surface area (Å²) in [5, 5.41) is 14.3. The van der Waals surface area contributed by atoms with E-state index in [0.29, 0.717) is 12.2 Å². The number of para-hydroxylation sites is 1. The molecule has 2 rings (SSSR count). The zero-order valence-electron chi connectivity index (χ0n) is 11.8. The largest absolute Gasteiger partial charge is 0.379 e. The van der Waals surface area contributed by atoms with Gasteiger partial charge in [-0.1, -0.05) is 13.0 Å². The first kappa shape index (κ1) is 14.3. The molecule has 0 saturated heterocycles. The predicted octanol–water partition coefficient (Wildman–Crippen LogP) is 2.65. The number of nitrogens with zero attached hydrogens (tertiary/aromatic N) is 2. The lowest BCUT2D eigenvalue weighted by Crippen LogP contribution is -2.29. The van der Waals surface area contributed by atoms with Gasteiger partial charge in [-0.25, -0.2) is 0 Å². The second kappa shape index (κ2) is 5.90. The number of nitro groups is 1. The molecule has 1 saturated carbocycles. The molecule has 0 spiro atoms. The van der Waals surface area contributed by atoms with Gasteiger partial charge in [0.25, 0.3) is 5.91 Å². The Bertz CT molecular complexity index is 526. The van der Waals surface area contributed by atoms with Crippen molar-refractivity contribution in [2.45, 2.75) is 32.2 Å². The summed E-state index contributed by atoms with van der Waals surface area (Å²) in [6, 6.07) is 5.08. The van der Waals surface area contributed by atoms with Crippen LogP contribution in [0.3, 0.4) is 0 Å². The third-order valence-electron chi connectivity index (χ3n) is 3.43. The van der Waals surface area contributed by atoms with Gasteiger partial charge in [0, 0.05) is 19.6 Å². The molecule has 0 bridgehead atoms. The fraction of sp³-hybridized carbons (Fsp3) is 0.500. The van der Waals surface area contributed by atoms with Gasteiger partial charge in [-0.05, 0) is 31.4 Å². The van der Waals surface area contributed by atoms with Gasteiger partial charge in [0.2, 0.25) is 0 Å². The highest BCUT2D eigenvalue weighted by atomic mass is 16.6. The van der Waals surface area contributed by atoms with Gasteiger partial charge in [-0.15, -0.1) is 0 Å². The smallest absolute Gasteiger partial charge is 0.305 e. The highest BCUT2D eigenvalue weighted by Crippen LogP contribution is 2.32. The van der Waals surface area contributed by atoms with Crippen molar-refractivity contribution in [2.24, 2.45) is 0 Å². The normalized spacial score (nSPS) is 13.9. The highest BCUT2D eigenvalue weighted by molar-refractivity contribution is 6.00. The number of carbonyl (C=O) groups excluding carboxylic acids is 1. The summed E-state index contributed by atoms with van der Waals surface area (Å²) >= 11 is 0. The van der Waals surface area contributed by atoms with E-state index in [9.17, 15) is 14.9 Å². The van der Waals surface area contributed by atoms with Crippen molar-refractivity contribution in [2.75, 3.05) is 18.9 Å². The molecule has 0 aliphatic heterocycles. The van der Waals surface area contributed by atoms with E-state index in [0.717, 1.165) is 19.3 Å². The number of rotatable bonds is 6. The Morgan fingerprint density at radius 1 is 1.50 bits per heavy atom. The van der Waals surface area contributed by atoms with Gasteiger partial charge in [-0.3, -0.25) is 14.9 Å². The SMILES string of the molecule is CCCNc1cccc(C(=O)N(C)C2CC2)c1[N+](=O)[O-]. The Balaban J connectivity index is 2.35. The van der Waals surface area contributed by atoms with Gasteiger partial charge in [0.05, 0.1) is 4.92 Å². The van der Waals surface area contributed by atoms with Crippen LogP contribution in [0.5, 0.6) is 0 Å². The van der Waals surface area contributed by atoms with Crippen LogP contribution in [0.25, 0.3) is 0 Å². The maximum Gasteiger partial charge on any atom is 0.305 e. The summed E-state index contributed by atoms with van der Waals surface area (Å²) in [4.78, 5) is 24.8. The van der Waals surface area contributed by atoms with E-state index in [1.165, 1.54) is 6.07 Å². The molecule has 108 valence electrons. The van der Waals surface area contributed by atoms with Crippen LogP contribution in [0.1, 0.15) is 36.5 Å². The number of hydrogen-bond acceptors (Lipinski definition) is 4. The molecule has 0 heterocycles. The minimum absolute atomic E-state index is 0.126. The first-order chi connectivity index (χ1) is 9.56. The van der Waals surface area contributed by atoms with Crippen molar-refractivity contribution < 1.29 is 9.72 Å². The Morgan fingerprint density at radius 3 is 2.75 bits per heavy atom. The molecular weight excluding hydrogens is 258 g/mol. The Labute approximate surface area is 117 Å². The number of anilines is 1. The van der Waals surface area contributed by atoms with Gasteiger partial charge in [0.1, 0.15) is 11.3 Å². The quantitative estimate of drug-likeness (QED) is 0.640. The summed E-state index contributed by atoms with van der Waals surface area (Å²) in [7, 11) is 1.70. The van der Waals surface area contributed by atoms with Crippen LogP contribution in [0.2, 0.25) is 0 Å². The van der Waals surface area contributed by atoms with Crippen LogP contribution in [0.4, 0.5) is 11.4 Å². The van der Waals surface area contributed by atoms with Crippen molar-refractivity contribution in [1.82, 2.24) is 4.90 Å². The monoisotopic (exact) mass is 277 g/mol.